The largest absolute Gasteiger partial charge is 0.326 e. The summed E-state index contributed by atoms with van der Waals surface area (Å²) in [5.41, 5.74) is 9.05. The summed E-state index contributed by atoms with van der Waals surface area (Å²) in [5.74, 6) is 0. The van der Waals surface area contributed by atoms with Crippen LogP contribution in [0.3, 0.4) is 0 Å². The first-order valence-corrected chi connectivity index (χ1v) is 7.91. The Morgan fingerprint density at radius 1 is 1.15 bits per heavy atom. The number of benzene rings is 1. The van der Waals surface area contributed by atoms with E-state index in [4.69, 9.17) is 5.73 Å². The molecule has 0 spiro atoms. The van der Waals surface area contributed by atoms with Gasteiger partial charge in [-0.3, -0.25) is 4.90 Å². The van der Waals surface area contributed by atoms with Gasteiger partial charge in [0.2, 0.25) is 0 Å². The summed E-state index contributed by atoms with van der Waals surface area (Å²) < 4.78 is 0. The Morgan fingerprint density at radius 2 is 1.80 bits per heavy atom. The molecule has 1 fully saturated rings. The van der Waals surface area contributed by atoms with Gasteiger partial charge in [0, 0.05) is 38.3 Å². The van der Waals surface area contributed by atoms with Crippen LogP contribution in [0, 0.1) is 6.92 Å². The van der Waals surface area contributed by atoms with Gasteiger partial charge in [-0.1, -0.05) is 31.2 Å². The molecule has 2 rings (SSSR count). The van der Waals surface area contributed by atoms with Crippen molar-refractivity contribution in [2.24, 2.45) is 5.73 Å². The highest BCUT2D eigenvalue weighted by atomic mass is 15.3. The lowest BCUT2D eigenvalue weighted by atomic mass is 9.94. The Bertz CT molecular complexity index is 408. The molecule has 3 heteroatoms. The van der Waals surface area contributed by atoms with Crippen molar-refractivity contribution >= 4 is 0 Å². The van der Waals surface area contributed by atoms with Gasteiger partial charge in [0.05, 0.1) is 0 Å². The quantitative estimate of drug-likeness (QED) is 0.895. The minimum atomic E-state index is 0.161. The Kier molecular flexibility index (Phi) is 5.58. The fraction of sp³-hybridized carbons (Fsp3) is 0.647. The Balaban J connectivity index is 2.09. The number of aryl methyl sites for hydroxylation is 1. The molecule has 1 aromatic carbocycles. The average molecular weight is 275 g/mol. The van der Waals surface area contributed by atoms with Crippen LogP contribution < -0.4 is 5.73 Å². The average Bonchev–Trinajstić information content (AvgIpc) is 2.43. The molecule has 1 heterocycles. The summed E-state index contributed by atoms with van der Waals surface area (Å²) in [6.45, 7) is 12.4. The lowest BCUT2D eigenvalue weighted by Crippen LogP contribution is -2.51. The van der Waals surface area contributed by atoms with Crippen LogP contribution in [0.4, 0.5) is 0 Å². The first-order valence-electron chi connectivity index (χ1n) is 7.91. The second-order valence-corrected chi connectivity index (χ2v) is 6.04. The maximum atomic E-state index is 6.31. The predicted octanol–water partition coefficient (Wildman–Crippen LogP) is 2.41. The molecule has 0 aliphatic carbocycles. The standard InChI is InChI=1S/C17H29N3/c1-4-9-19-10-12-20(13-11-19)17(15(3)18)16-8-6-5-7-14(16)2/h5-8,15,17H,4,9-13,18H2,1-3H3. The van der Waals surface area contributed by atoms with E-state index in [9.17, 15) is 0 Å². The molecule has 0 radical (unpaired) electrons. The van der Waals surface area contributed by atoms with Crippen LogP contribution in [-0.2, 0) is 0 Å². The second kappa shape index (κ2) is 7.21. The number of rotatable bonds is 5. The number of hydrogen-bond donors (Lipinski definition) is 1. The SMILES string of the molecule is CCCN1CCN(C(c2ccccc2C)C(C)N)CC1. The zero-order valence-electron chi connectivity index (χ0n) is 13.2. The topological polar surface area (TPSA) is 32.5 Å². The van der Waals surface area contributed by atoms with E-state index in [1.807, 2.05) is 0 Å². The maximum absolute atomic E-state index is 6.31. The Hall–Kier alpha value is -0.900. The molecule has 112 valence electrons. The smallest absolute Gasteiger partial charge is 0.0500 e. The molecular formula is C17H29N3. The van der Waals surface area contributed by atoms with Crippen molar-refractivity contribution in [3.05, 3.63) is 35.4 Å². The van der Waals surface area contributed by atoms with E-state index < -0.39 is 0 Å². The predicted molar refractivity (Wildman–Crippen MR) is 85.9 cm³/mol. The van der Waals surface area contributed by atoms with Gasteiger partial charge in [-0.2, -0.15) is 0 Å². The fourth-order valence-corrected chi connectivity index (χ4v) is 3.31. The third-order valence-corrected chi connectivity index (χ3v) is 4.35. The molecule has 0 bridgehead atoms. The second-order valence-electron chi connectivity index (χ2n) is 6.04. The summed E-state index contributed by atoms with van der Waals surface area (Å²) in [6.07, 6.45) is 1.24. The van der Waals surface area contributed by atoms with Gasteiger partial charge in [0.25, 0.3) is 0 Å². The van der Waals surface area contributed by atoms with E-state index in [-0.39, 0.29) is 6.04 Å². The summed E-state index contributed by atoms with van der Waals surface area (Å²) in [7, 11) is 0. The maximum Gasteiger partial charge on any atom is 0.0500 e. The number of nitrogens with zero attached hydrogens (tertiary/aromatic N) is 2. The van der Waals surface area contributed by atoms with Gasteiger partial charge in [-0.15, -0.1) is 0 Å². The molecule has 1 aliphatic heterocycles. The van der Waals surface area contributed by atoms with Gasteiger partial charge in [-0.05, 0) is 37.9 Å². The van der Waals surface area contributed by atoms with E-state index in [1.54, 1.807) is 0 Å². The monoisotopic (exact) mass is 275 g/mol. The van der Waals surface area contributed by atoms with Gasteiger partial charge < -0.3 is 10.6 Å². The fourth-order valence-electron chi connectivity index (χ4n) is 3.31. The van der Waals surface area contributed by atoms with Crippen LogP contribution >= 0.6 is 0 Å². The van der Waals surface area contributed by atoms with Crippen molar-refractivity contribution in [3.63, 3.8) is 0 Å². The molecule has 20 heavy (non-hydrogen) atoms. The van der Waals surface area contributed by atoms with Crippen LogP contribution in [0.2, 0.25) is 0 Å². The summed E-state index contributed by atoms with van der Waals surface area (Å²) in [4.78, 5) is 5.13. The molecule has 3 nitrogen and oxygen atoms in total. The molecule has 0 saturated carbocycles. The Labute approximate surface area is 123 Å². The highest BCUT2D eigenvalue weighted by Gasteiger charge is 2.28. The highest BCUT2D eigenvalue weighted by molar-refractivity contribution is 5.30. The molecular weight excluding hydrogens is 246 g/mol. The Morgan fingerprint density at radius 3 is 2.35 bits per heavy atom. The van der Waals surface area contributed by atoms with E-state index in [0.717, 1.165) is 13.1 Å². The minimum absolute atomic E-state index is 0.161. The molecule has 2 unspecified atom stereocenters. The van der Waals surface area contributed by atoms with Crippen molar-refractivity contribution in [2.45, 2.75) is 39.3 Å². The summed E-state index contributed by atoms with van der Waals surface area (Å²) in [6, 6.07) is 9.18. The van der Waals surface area contributed by atoms with Crippen molar-refractivity contribution in [1.82, 2.24) is 9.80 Å². The van der Waals surface area contributed by atoms with Crippen molar-refractivity contribution in [2.75, 3.05) is 32.7 Å². The lowest BCUT2D eigenvalue weighted by Gasteiger charge is -2.41. The van der Waals surface area contributed by atoms with Gasteiger partial charge in [0.15, 0.2) is 0 Å². The molecule has 1 aromatic rings. The van der Waals surface area contributed by atoms with Gasteiger partial charge in [0.1, 0.15) is 0 Å². The van der Waals surface area contributed by atoms with Gasteiger partial charge >= 0.3 is 0 Å². The third kappa shape index (κ3) is 3.60. The minimum Gasteiger partial charge on any atom is -0.326 e. The molecule has 1 aliphatic rings. The summed E-state index contributed by atoms with van der Waals surface area (Å²) >= 11 is 0. The first kappa shape index (κ1) is 15.5. The van der Waals surface area contributed by atoms with E-state index in [0.29, 0.717) is 6.04 Å². The normalized spacial score (nSPS) is 20.8. The van der Waals surface area contributed by atoms with Gasteiger partial charge in [-0.25, -0.2) is 0 Å². The van der Waals surface area contributed by atoms with Crippen molar-refractivity contribution in [3.8, 4) is 0 Å². The van der Waals surface area contributed by atoms with E-state index in [1.165, 1.54) is 37.2 Å². The molecule has 2 N–H and O–H groups in total. The van der Waals surface area contributed by atoms with E-state index >= 15 is 0 Å². The molecule has 0 amide bonds. The number of piperazine rings is 1. The first-order chi connectivity index (χ1) is 9.63. The van der Waals surface area contributed by atoms with Crippen LogP contribution in [0.1, 0.15) is 37.4 Å². The number of nitrogens with two attached hydrogens (primary N) is 1. The lowest BCUT2D eigenvalue weighted by molar-refractivity contribution is 0.0866. The summed E-state index contributed by atoms with van der Waals surface area (Å²) in [5, 5.41) is 0. The van der Waals surface area contributed by atoms with E-state index in [2.05, 4.69) is 54.8 Å². The molecule has 2 atom stereocenters. The van der Waals surface area contributed by atoms with Crippen molar-refractivity contribution < 1.29 is 0 Å². The highest BCUT2D eigenvalue weighted by Crippen LogP contribution is 2.27. The zero-order chi connectivity index (χ0) is 14.5. The molecule has 0 aromatic heterocycles. The zero-order valence-corrected chi connectivity index (χ0v) is 13.2. The van der Waals surface area contributed by atoms with Crippen LogP contribution in [0.25, 0.3) is 0 Å². The van der Waals surface area contributed by atoms with Crippen molar-refractivity contribution in [1.29, 1.82) is 0 Å². The number of hydrogen-bond acceptors (Lipinski definition) is 3. The third-order valence-electron chi connectivity index (χ3n) is 4.35. The van der Waals surface area contributed by atoms with Crippen LogP contribution in [0.5, 0.6) is 0 Å². The van der Waals surface area contributed by atoms with Crippen LogP contribution in [-0.4, -0.2) is 48.6 Å². The van der Waals surface area contributed by atoms with Crippen LogP contribution in [0.15, 0.2) is 24.3 Å². The molecule has 1 saturated heterocycles.